The fourth-order valence-electron chi connectivity index (χ4n) is 1.36. The topological polar surface area (TPSA) is 64.4 Å². The number of nitrogens with two attached hydrogens (primary N) is 2. The van der Waals surface area contributed by atoms with E-state index in [1.807, 2.05) is 0 Å². The number of benzene rings is 1. The Bertz CT molecular complexity index is 510. The highest BCUT2D eigenvalue weighted by molar-refractivity contribution is 5.78. The lowest BCUT2D eigenvalue weighted by Gasteiger charge is -2.08. The van der Waals surface area contributed by atoms with Crippen LogP contribution in [0.2, 0.25) is 0 Å². The molecule has 18 heavy (non-hydrogen) atoms. The molecule has 1 rings (SSSR count). The van der Waals surface area contributed by atoms with Crippen molar-refractivity contribution >= 4 is 11.9 Å². The van der Waals surface area contributed by atoms with Crippen molar-refractivity contribution in [1.29, 1.82) is 0 Å². The third kappa shape index (κ3) is 3.31. The Balaban J connectivity index is 3.18. The van der Waals surface area contributed by atoms with E-state index in [0.29, 0.717) is 22.5 Å². The summed E-state index contributed by atoms with van der Waals surface area (Å²) >= 11 is 0. The number of nitrogens with zero attached hydrogens (tertiary/aromatic N) is 1. The summed E-state index contributed by atoms with van der Waals surface area (Å²) in [4.78, 5) is 3.83. The van der Waals surface area contributed by atoms with Gasteiger partial charge in [-0.3, -0.25) is 4.99 Å². The summed E-state index contributed by atoms with van der Waals surface area (Å²) in [5.74, 6) is -0.317. The van der Waals surface area contributed by atoms with Gasteiger partial charge in [0.05, 0.1) is 11.4 Å². The van der Waals surface area contributed by atoms with Crippen LogP contribution in [0.1, 0.15) is 5.56 Å². The van der Waals surface area contributed by atoms with Gasteiger partial charge in [-0.25, -0.2) is 4.39 Å². The van der Waals surface area contributed by atoms with Crippen LogP contribution in [0, 0.1) is 5.82 Å². The number of allylic oxidation sites excluding steroid dienone is 2. The quantitative estimate of drug-likeness (QED) is 0.631. The molecule has 0 fully saturated rings. The molecule has 0 radical (unpaired) electrons. The van der Waals surface area contributed by atoms with Crippen LogP contribution < -0.4 is 11.5 Å². The predicted molar refractivity (Wildman–Crippen MR) is 74.4 cm³/mol. The standard InChI is InChI=1S/C14H16FN3/c1-3-10(8-9-18-2)13(16)14(17)11-4-6-12(15)7-5-11/h3-9H,1,16-17H2,2H3/b10-8+,14-13-,18-9?. The van der Waals surface area contributed by atoms with Crippen molar-refractivity contribution in [3.05, 3.63) is 65.6 Å². The van der Waals surface area contributed by atoms with E-state index in [2.05, 4.69) is 11.6 Å². The highest BCUT2D eigenvalue weighted by Crippen LogP contribution is 2.16. The molecule has 0 saturated carbocycles. The second kappa shape index (κ2) is 6.39. The highest BCUT2D eigenvalue weighted by Gasteiger charge is 2.05. The summed E-state index contributed by atoms with van der Waals surface area (Å²) in [7, 11) is 1.65. The van der Waals surface area contributed by atoms with Gasteiger partial charge in [0.2, 0.25) is 0 Å². The Kier molecular flexibility index (Phi) is 4.87. The fourth-order valence-corrected chi connectivity index (χ4v) is 1.36. The lowest BCUT2D eigenvalue weighted by Crippen LogP contribution is -2.10. The summed E-state index contributed by atoms with van der Waals surface area (Å²) in [5.41, 5.74) is 14.0. The second-order valence-electron chi connectivity index (χ2n) is 3.57. The average Bonchev–Trinajstić information content (AvgIpc) is 2.39. The molecular weight excluding hydrogens is 229 g/mol. The Labute approximate surface area is 106 Å². The van der Waals surface area contributed by atoms with Crippen LogP contribution in [0.5, 0.6) is 0 Å². The molecule has 0 unspecified atom stereocenters. The molecule has 0 amide bonds. The van der Waals surface area contributed by atoms with Gasteiger partial charge in [0.1, 0.15) is 5.82 Å². The normalized spacial score (nSPS) is 13.6. The van der Waals surface area contributed by atoms with Gasteiger partial charge in [0, 0.05) is 18.8 Å². The van der Waals surface area contributed by atoms with Crippen molar-refractivity contribution in [1.82, 2.24) is 0 Å². The van der Waals surface area contributed by atoms with Gasteiger partial charge in [-0.05, 0) is 35.9 Å². The maximum absolute atomic E-state index is 12.8. The molecule has 0 aliphatic rings. The zero-order valence-electron chi connectivity index (χ0n) is 10.2. The maximum Gasteiger partial charge on any atom is 0.123 e. The first kappa shape index (κ1) is 13.7. The Morgan fingerprint density at radius 2 is 1.89 bits per heavy atom. The van der Waals surface area contributed by atoms with E-state index in [4.69, 9.17) is 11.5 Å². The Morgan fingerprint density at radius 1 is 1.28 bits per heavy atom. The van der Waals surface area contributed by atoms with Crippen molar-refractivity contribution in [2.24, 2.45) is 16.5 Å². The maximum atomic E-state index is 12.8. The van der Waals surface area contributed by atoms with Crippen LogP contribution in [0.15, 0.2) is 59.3 Å². The molecular formula is C14H16FN3. The van der Waals surface area contributed by atoms with Crippen LogP contribution in [-0.2, 0) is 0 Å². The van der Waals surface area contributed by atoms with Crippen LogP contribution in [0.3, 0.4) is 0 Å². The molecule has 4 heteroatoms. The molecule has 0 atom stereocenters. The smallest absolute Gasteiger partial charge is 0.123 e. The Hall–Kier alpha value is -2.36. The van der Waals surface area contributed by atoms with E-state index in [1.54, 1.807) is 37.5 Å². The Morgan fingerprint density at radius 3 is 2.39 bits per heavy atom. The van der Waals surface area contributed by atoms with Crippen molar-refractivity contribution in [3.8, 4) is 0 Å². The predicted octanol–water partition coefficient (Wildman–Crippen LogP) is 2.22. The first-order valence-corrected chi connectivity index (χ1v) is 5.36. The summed E-state index contributed by atoms with van der Waals surface area (Å²) in [6, 6.07) is 5.82. The first-order chi connectivity index (χ1) is 8.60. The third-order valence-electron chi connectivity index (χ3n) is 2.38. The van der Waals surface area contributed by atoms with E-state index in [9.17, 15) is 4.39 Å². The highest BCUT2D eigenvalue weighted by atomic mass is 19.1. The van der Waals surface area contributed by atoms with Crippen LogP contribution in [-0.4, -0.2) is 13.3 Å². The van der Waals surface area contributed by atoms with E-state index >= 15 is 0 Å². The van der Waals surface area contributed by atoms with Crippen molar-refractivity contribution in [3.63, 3.8) is 0 Å². The molecule has 94 valence electrons. The van der Waals surface area contributed by atoms with E-state index in [-0.39, 0.29) is 5.82 Å². The summed E-state index contributed by atoms with van der Waals surface area (Å²) in [6.07, 6.45) is 4.90. The second-order valence-corrected chi connectivity index (χ2v) is 3.57. The third-order valence-corrected chi connectivity index (χ3v) is 2.38. The number of aliphatic imine (C=N–C) groups is 1. The van der Waals surface area contributed by atoms with Gasteiger partial charge in [-0.2, -0.15) is 0 Å². The molecule has 0 spiro atoms. The SMILES string of the molecule is C=CC(=C\C=NC)/C(N)=C(/N)c1ccc(F)cc1. The van der Waals surface area contributed by atoms with Gasteiger partial charge in [-0.15, -0.1) is 0 Å². The minimum atomic E-state index is -0.317. The molecule has 0 aromatic heterocycles. The molecule has 0 heterocycles. The molecule has 0 bridgehead atoms. The van der Waals surface area contributed by atoms with Gasteiger partial charge in [0.25, 0.3) is 0 Å². The molecule has 4 N–H and O–H groups in total. The van der Waals surface area contributed by atoms with Gasteiger partial charge >= 0.3 is 0 Å². The number of hydrogen-bond donors (Lipinski definition) is 2. The number of rotatable bonds is 4. The molecule has 1 aromatic carbocycles. The number of hydrogen-bond acceptors (Lipinski definition) is 3. The summed E-state index contributed by atoms with van der Waals surface area (Å²) < 4.78 is 12.8. The van der Waals surface area contributed by atoms with Crippen molar-refractivity contribution < 1.29 is 4.39 Å². The first-order valence-electron chi connectivity index (χ1n) is 5.36. The van der Waals surface area contributed by atoms with Crippen LogP contribution in [0.4, 0.5) is 4.39 Å². The monoisotopic (exact) mass is 245 g/mol. The number of halogens is 1. The van der Waals surface area contributed by atoms with Gasteiger partial charge in [0.15, 0.2) is 0 Å². The minimum absolute atomic E-state index is 0.317. The lowest BCUT2D eigenvalue weighted by atomic mass is 10.1. The summed E-state index contributed by atoms with van der Waals surface area (Å²) in [6.45, 7) is 3.67. The van der Waals surface area contributed by atoms with E-state index in [1.165, 1.54) is 12.1 Å². The van der Waals surface area contributed by atoms with Crippen molar-refractivity contribution in [2.45, 2.75) is 0 Å². The zero-order valence-corrected chi connectivity index (χ0v) is 10.2. The average molecular weight is 245 g/mol. The van der Waals surface area contributed by atoms with Crippen LogP contribution >= 0.6 is 0 Å². The largest absolute Gasteiger partial charge is 0.397 e. The van der Waals surface area contributed by atoms with E-state index < -0.39 is 0 Å². The van der Waals surface area contributed by atoms with E-state index in [0.717, 1.165) is 0 Å². The molecule has 0 aliphatic carbocycles. The van der Waals surface area contributed by atoms with Gasteiger partial charge < -0.3 is 11.5 Å². The van der Waals surface area contributed by atoms with Crippen LogP contribution in [0.25, 0.3) is 5.70 Å². The molecule has 3 nitrogen and oxygen atoms in total. The lowest BCUT2D eigenvalue weighted by molar-refractivity contribution is 0.627. The molecule has 1 aromatic rings. The zero-order chi connectivity index (χ0) is 13.5. The fraction of sp³-hybridized carbons (Fsp3) is 0.0714. The van der Waals surface area contributed by atoms with Gasteiger partial charge in [-0.1, -0.05) is 12.7 Å². The summed E-state index contributed by atoms with van der Waals surface area (Å²) in [5, 5.41) is 0. The minimum Gasteiger partial charge on any atom is -0.397 e. The molecule has 0 aliphatic heterocycles. The van der Waals surface area contributed by atoms with Crippen molar-refractivity contribution in [2.75, 3.05) is 7.05 Å². The molecule has 0 saturated heterocycles.